The Morgan fingerprint density at radius 1 is 1.05 bits per heavy atom. The molecule has 0 radical (unpaired) electrons. The molecule has 3 rings (SSSR count). The Balaban J connectivity index is 1.70. The summed E-state index contributed by atoms with van der Waals surface area (Å²) in [5, 5.41) is 7.07. The summed E-state index contributed by atoms with van der Waals surface area (Å²) >= 11 is 1.55. The summed E-state index contributed by atoms with van der Waals surface area (Å²) in [7, 11) is 0. The Labute approximate surface area is 128 Å². The van der Waals surface area contributed by atoms with Crippen LogP contribution in [-0.2, 0) is 0 Å². The fourth-order valence-corrected chi connectivity index (χ4v) is 2.62. The number of aromatic nitrogens is 1. The normalized spacial score (nSPS) is 10.9. The number of thiazole rings is 1. The molecular formula is C17H15N3S. The maximum Gasteiger partial charge on any atom is 0.203 e. The van der Waals surface area contributed by atoms with Crippen LogP contribution in [0.3, 0.4) is 0 Å². The average molecular weight is 293 g/mol. The number of hydrogen-bond donors (Lipinski definition) is 1. The molecule has 0 saturated heterocycles. The molecule has 21 heavy (non-hydrogen) atoms. The second-order valence-corrected chi connectivity index (χ2v) is 5.49. The Morgan fingerprint density at radius 2 is 1.81 bits per heavy atom. The van der Waals surface area contributed by atoms with Crippen molar-refractivity contribution in [1.29, 1.82) is 0 Å². The summed E-state index contributed by atoms with van der Waals surface area (Å²) in [5.41, 5.74) is 7.37. The molecule has 0 aliphatic rings. The van der Waals surface area contributed by atoms with Gasteiger partial charge in [0.25, 0.3) is 0 Å². The molecule has 1 heterocycles. The topological polar surface area (TPSA) is 37.3 Å². The van der Waals surface area contributed by atoms with Gasteiger partial charge in [0.2, 0.25) is 5.13 Å². The first kappa shape index (κ1) is 13.5. The highest BCUT2D eigenvalue weighted by atomic mass is 32.1. The summed E-state index contributed by atoms with van der Waals surface area (Å²) in [6, 6.07) is 18.3. The van der Waals surface area contributed by atoms with Crippen molar-refractivity contribution in [2.45, 2.75) is 6.92 Å². The number of benzene rings is 2. The number of hydrazone groups is 1. The third kappa shape index (κ3) is 3.35. The smallest absolute Gasteiger partial charge is 0.203 e. The van der Waals surface area contributed by atoms with Gasteiger partial charge in [-0.3, -0.25) is 5.43 Å². The van der Waals surface area contributed by atoms with Gasteiger partial charge in [-0.15, -0.1) is 11.3 Å². The summed E-state index contributed by atoms with van der Waals surface area (Å²) in [5.74, 6) is 0. The van der Waals surface area contributed by atoms with E-state index >= 15 is 0 Å². The molecule has 1 aromatic heterocycles. The van der Waals surface area contributed by atoms with E-state index in [4.69, 9.17) is 0 Å². The van der Waals surface area contributed by atoms with E-state index in [9.17, 15) is 0 Å². The van der Waals surface area contributed by atoms with E-state index in [2.05, 4.69) is 40.6 Å². The Morgan fingerprint density at radius 3 is 2.62 bits per heavy atom. The van der Waals surface area contributed by atoms with E-state index in [-0.39, 0.29) is 0 Å². The van der Waals surface area contributed by atoms with Crippen LogP contribution in [0.15, 0.2) is 65.1 Å². The van der Waals surface area contributed by atoms with Crippen LogP contribution in [0.4, 0.5) is 5.13 Å². The lowest BCUT2D eigenvalue weighted by Gasteiger charge is -1.98. The molecule has 0 saturated carbocycles. The lowest BCUT2D eigenvalue weighted by Crippen LogP contribution is -1.92. The number of nitrogens with one attached hydrogen (secondary N) is 1. The second-order valence-electron chi connectivity index (χ2n) is 4.63. The SMILES string of the molecule is Cc1ccccc1/C=N/Nc1nc(-c2ccccc2)cs1. The monoisotopic (exact) mass is 293 g/mol. The van der Waals surface area contributed by atoms with E-state index < -0.39 is 0 Å². The van der Waals surface area contributed by atoms with Crippen molar-refractivity contribution in [3.8, 4) is 11.3 Å². The number of aryl methyl sites for hydroxylation is 1. The van der Waals surface area contributed by atoms with Crippen molar-refractivity contribution in [2.24, 2.45) is 5.10 Å². The first-order chi connectivity index (χ1) is 10.3. The molecule has 2 aromatic carbocycles. The van der Waals surface area contributed by atoms with Crippen LogP contribution < -0.4 is 5.43 Å². The zero-order valence-electron chi connectivity index (χ0n) is 11.7. The quantitative estimate of drug-likeness (QED) is 0.565. The van der Waals surface area contributed by atoms with Gasteiger partial charge in [0.05, 0.1) is 11.9 Å². The molecule has 0 aliphatic carbocycles. The van der Waals surface area contributed by atoms with Gasteiger partial charge in [0.15, 0.2) is 0 Å². The molecule has 0 amide bonds. The van der Waals surface area contributed by atoms with Crippen molar-refractivity contribution in [3.63, 3.8) is 0 Å². The van der Waals surface area contributed by atoms with Crippen LogP contribution in [0.25, 0.3) is 11.3 Å². The van der Waals surface area contributed by atoms with E-state index in [0.717, 1.165) is 22.0 Å². The third-order valence-corrected chi connectivity index (χ3v) is 3.87. The Bertz CT molecular complexity index is 747. The van der Waals surface area contributed by atoms with Crippen LogP contribution in [0.1, 0.15) is 11.1 Å². The standard InChI is InChI=1S/C17H15N3S/c1-13-7-5-6-10-15(13)11-18-20-17-19-16(12-21-17)14-8-3-2-4-9-14/h2-12H,1H3,(H,19,20)/b18-11+. The van der Waals surface area contributed by atoms with Gasteiger partial charge in [-0.25, -0.2) is 4.98 Å². The molecule has 3 nitrogen and oxygen atoms in total. The van der Waals surface area contributed by atoms with E-state index in [0.29, 0.717) is 0 Å². The predicted octanol–water partition coefficient (Wildman–Crippen LogP) is 4.56. The molecule has 0 atom stereocenters. The number of rotatable bonds is 4. The van der Waals surface area contributed by atoms with E-state index in [1.165, 1.54) is 5.56 Å². The van der Waals surface area contributed by atoms with Gasteiger partial charge in [0, 0.05) is 10.9 Å². The summed E-state index contributed by atoms with van der Waals surface area (Å²) in [6.45, 7) is 2.07. The van der Waals surface area contributed by atoms with E-state index in [1.54, 1.807) is 11.3 Å². The van der Waals surface area contributed by atoms with Crippen LogP contribution >= 0.6 is 11.3 Å². The minimum Gasteiger partial charge on any atom is -0.253 e. The van der Waals surface area contributed by atoms with Crippen molar-refractivity contribution < 1.29 is 0 Å². The number of anilines is 1. The fourth-order valence-electron chi connectivity index (χ4n) is 1.96. The molecule has 3 aromatic rings. The predicted molar refractivity (Wildman–Crippen MR) is 89.9 cm³/mol. The maximum atomic E-state index is 4.53. The molecule has 0 fully saturated rings. The van der Waals surface area contributed by atoms with Gasteiger partial charge < -0.3 is 0 Å². The lowest BCUT2D eigenvalue weighted by atomic mass is 10.1. The molecule has 0 bridgehead atoms. The molecule has 4 heteroatoms. The van der Waals surface area contributed by atoms with Gasteiger partial charge in [0.1, 0.15) is 0 Å². The molecule has 0 aliphatic heterocycles. The largest absolute Gasteiger partial charge is 0.253 e. The molecular weight excluding hydrogens is 278 g/mol. The van der Waals surface area contributed by atoms with Crippen molar-refractivity contribution in [2.75, 3.05) is 5.43 Å². The molecule has 0 spiro atoms. The van der Waals surface area contributed by atoms with E-state index in [1.807, 2.05) is 48.0 Å². The second kappa shape index (κ2) is 6.33. The van der Waals surface area contributed by atoms with Gasteiger partial charge >= 0.3 is 0 Å². The van der Waals surface area contributed by atoms with Crippen molar-refractivity contribution >= 4 is 22.7 Å². The summed E-state index contributed by atoms with van der Waals surface area (Å²) < 4.78 is 0. The first-order valence-electron chi connectivity index (χ1n) is 6.68. The molecule has 104 valence electrons. The zero-order chi connectivity index (χ0) is 14.5. The van der Waals surface area contributed by atoms with Crippen molar-refractivity contribution in [1.82, 2.24) is 4.98 Å². The van der Waals surface area contributed by atoms with Crippen LogP contribution in [0.2, 0.25) is 0 Å². The fraction of sp³-hybridized carbons (Fsp3) is 0.0588. The van der Waals surface area contributed by atoms with Crippen LogP contribution in [0, 0.1) is 6.92 Å². The highest BCUT2D eigenvalue weighted by Crippen LogP contribution is 2.24. The molecule has 0 unspecified atom stereocenters. The van der Waals surface area contributed by atoms with Crippen LogP contribution in [0.5, 0.6) is 0 Å². The Hall–Kier alpha value is -2.46. The maximum absolute atomic E-state index is 4.53. The Kier molecular flexibility index (Phi) is 4.07. The third-order valence-electron chi connectivity index (χ3n) is 3.13. The van der Waals surface area contributed by atoms with Crippen LogP contribution in [-0.4, -0.2) is 11.2 Å². The first-order valence-corrected chi connectivity index (χ1v) is 7.56. The molecule has 1 N–H and O–H groups in total. The average Bonchev–Trinajstić information content (AvgIpc) is 2.99. The highest BCUT2D eigenvalue weighted by Gasteiger charge is 2.02. The summed E-state index contributed by atoms with van der Waals surface area (Å²) in [4.78, 5) is 4.53. The van der Waals surface area contributed by atoms with Gasteiger partial charge in [-0.05, 0) is 18.1 Å². The highest BCUT2D eigenvalue weighted by molar-refractivity contribution is 7.14. The lowest BCUT2D eigenvalue weighted by molar-refractivity contribution is 1.28. The zero-order valence-corrected chi connectivity index (χ0v) is 12.5. The number of nitrogens with zero attached hydrogens (tertiary/aromatic N) is 2. The number of hydrogen-bond acceptors (Lipinski definition) is 4. The minimum absolute atomic E-state index is 0.790. The summed E-state index contributed by atoms with van der Waals surface area (Å²) in [6.07, 6.45) is 1.82. The van der Waals surface area contributed by atoms with Gasteiger partial charge in [-0.1, -0.05) is 54.6 Å². The minimum atomic E-state index is 0.790. The van der Waals surface area contributed by atoms with Gasteiger partial charge in [-0.2, -0.15) is 5.10 Å². The van der Waals surface area contributed by atoms with Crippen molar-refractivity contribution in [3.05, 3.63) is 71.1 Å².